The van der Waals surface area contributed by atoms with Gasteiger partial charge in [0.25, 0.3) is 0 Å². The van der Waals surface area contributed by atoms with E-state index >= 15 is 0 Å². The summed E-state index contributed by atoms with van der Waals surface area (Å²) < 4.78 is 0. The molecule has 0 spiro atoms. The third-order valence-electron chi connectivity index (χ3n) is 4.13. The third-order valence-corrected chi connectivity index (χ3v) is 4.13. The Morgan fingerprint density at radius 1 is 0.333 bits per heavy atom. The molecule has 306 valence electrons. The molecule has 0 saturated carbocycles. The average molecular weight is 762 g/mol. The Bertz CT molecular complexity index is 792. The number of aliphatic hydroxyl groups excluding tert-OH is 6. The minimum absolute atomic E-state index is 0.357. The number of hydrogen-bond donors (Lipinski definition) is 20. The van der Waals surface area contributed by atoms with E-state index in [9.17, 15) is 33.6 Å². The standard InChI is InChI=1S/C6H13NO2.6C3H7NO3/c1-4(2)3-5(7)6(8)9;6*4-2(1-5)3(6)7/h4-5H,3,7H2,1-2H3,(H,8,9);6*2,5H,1,4H2,(H,6,7)/t5-;6*2-/m0000000/s1. The van der Waals surface area contributed by atoms with Gasteiger partial charge in [-0.2, -0.15) is 0 Å². The van der Waals surface area contributed by atoms with Gasteiger partial charge < -0.3 is 107 Å². The Labute approximate surface area is 290 Å². The third kappa shape index (κ3) is 55.4. The van der Waals surface area contributed by atoms with E-state index in [1.165, 1.54) is 0 Å². The Hall–Kier alpha value is -4.23. The summed E-state index contributed by atoms with van der Waals surface area (Å²) in [6.07, 6.45) is 0.551. The summed E-state index contributed by atoms with van der Waals surface area (Å²) in [5, 5.41) is 104. The van der Waals surface area contributed by atoms with Crippen molar-refractivity contribution in [2.75, 3.05) is 39.6 Å². The Kier molecular flexibility index (Phi) is 48.8. The Morgan fingerprint density at radius 3 is 0.471 bits per heavy atom. The van der Waals surface area contributed by atoms with Crippen LogP contribution in [-0.4, -0.2) is 190 Å². The van der Waals surface area contributed by atoms with Gasteiger partial charge in [0.1, 0.15) is 42.3 Å². The van der Waals surface area contributed by atoms with Crippen LogP contribution in [0, 0.1) is 5.92 Å². The quantitative estimate of drug-likeness (QED) is 0.0736. The average Bonchev–Trinajstić information content (AvgIpc) is 3.06. The zero-order valence-corrected chi connectivity index (χ0v) is 27.8. The van der Waals surface area contributed by atoms with Crippen molar-refractivity contribution in [3.63, 3.8) is 0 Å². The monoisotopic (exact) mass is 761 g/mol. The van der Waals surface area contributed by atoms with Crippen molar-refractivity contribution < 1.29 is 99.9 Å². The van der Waals surface area contributed by atoms with Crippen molar-refractivity contribution in [1.29, 1.82) is 0 Å². The first-order chi connectivity index (χ1) is 23.1. The van der Waals surface area contributed by atoms with Gasteiger partial charge in [0.05, 0.1) is 39.6 Å². The Balaban J connectivity index is -0.0000000888. The number of carbonyl (C=O) groups is 7. The van der Waals surface area contributed by atoms with Crippen LogP contribution in [0.2, 0.25) is 0 Å². The van der Waals surface area contributed by atoms with Crippen molar-refractivity contribution in [2.24, 2.45) is 46.1 Å². The Morgan fingerprint density at radius 2 is 0.451 bits per heavy atom. The normalized spacial score (nSPS) is 13.5. The van der Waals surface area contributed by atoms with Crippen LogP contribution in [0.15, 0.2) is 0 Å². The summed E-state index contributed by atoms with van der Waals surface area (Å²) in [6.45, 7) is 0.867. The molecule has 0 aliphatic heterocycles. The predicted molar refractivity (Wildman–Crippen MR) is 171 cm³/mol. The van der Waals surface area contributed by atoms with Gasteiger partial charge in [-0.05, 0) is 12.3 Å². The molecule has 0 aromatic heterocycles. The molecule has 0 bridgehead atoms. The molecule has 0 aromatic carbocycles. The fourth-order valence-electron chi connectivity index (χ4n) is 1.08. The van der Waals surface area contributed by atoms with Crippen LogP contribution in [0.3, 0.4) is 0 Å². The summed E-state index contributed by atoms with van der Waals surface area (Å²) >= 11 is 0. The number of carboxylic acids is 7. The first kappa shape index (κ1) is 61.9. The maximum atomic E-state index is 10.1. The molecule has 0 aliphatic rings. The van der Waals surface area contributed by atoms with E-state index in [0.29, 0.717) is 12.3 Å². The molecule has 0 aromatic rings. The van der Waals surface area contributed by atoms with Gasteiger partial charge in [-0.1, -0.05) is 13.8 Å². The topological polar surface area (TPSA) is 565 Å². The zero-order chi connectivity index (χ0) is 42.6. The predicted octanol–water partition coefficient (Wildman–Crippen LogP) is -9.21. The smallest absolute Gasteiger partial charge is 0.322 e. The van der Waals surface area contributed by atoms with Gasteiger partial charge in [-0.15, -0.1) is 0 Å². The van der Waals surface area contributed by atoms with Crippen molar-refractivity contribution in [3.05, 3.63) is 0 Å². The van der Waals surface area contributed by atoms with Gasteiger partial charge in [-0.25, -0.2) is 0 Å². The highest BCUT2D eigenvalue weighted by Crippen LogP contribution is 2.01. The zero-order valence-electron chi connectivity index (χ0n) is 27.8. The van der Waals surface area contributed by atoms with E-state index in [1.807, 2.05) is 13.8 Å². The van der Waals surface area contributed by atoms with Crippen LogP contribution in [0.4, 0.5) is 0 Å². The molecule has 7 atom stereocenters. The highest BCUT2D eigenvalue weighted by atomic mass is 16.4. The van der Waals surface area contributed by atoms with Gasteiger partial charge >= 0.3 is 41.8 Å². The lowest BCUT2D eigenvalue weighted by molar-refractivity contribution is -0.140. The van der Waals surface area contributed by atoms with E-state index in [1.54, 1.807) is 0 Å². The second-order valence-corrected chi connectivity index (χ2v) is 9.34. The number of aliphatic hydroxyl groups is 6. The summed E-state index contributed by atoms with van der Waals surface area (Å²) in [4.78, 5) is 68.0. The van der Waals surface area contributed by atoms with Crippen LogP contribution < -0.4 is 40.1 Å². The summed E-state index contributed by atoms with van der Waals surface area (Å²) in [7, 11) is 0. The van der Waals surface area contributed by atoms with E-state index in [-0.39, 0.29) is 0 Å². The lowest BCUT2D eigenvalue weighted by Crippen LogP contribution is -2.33. The molecule has 0 amide bonds. The number of aliphatic carboxylic acids is 7. The molecule has 0 fully saturated rings. The van der Waals surface area contributed by atoms with Gasteiger partial charge in [-0.3, -0.25) is 33.6 Å². The molecule has 0 aliphatic carbocycles. The first-order valence-corrected chi connectivity index (χ1v) is 13.7. The largest absolute Gasteiger partial charge is 0.480 e. The number of rotatable bonds is 15. The molecule has 51 heavy (non-hydrogen) atoms. The minimum atomic E-state index is -1.18. The maximum absolute atomic E-state index is 10.1. The lowest BCUT2D eigenvalue weighted by Gasteiger charge is -2.07. The van der Waals surface area contributed by atoms with Crippen LogP contribution in [0.25, 0.3) is 0 Å². The fourth-order valence-corrected chi connectivity index (χ4v) is 1.08. The molecule has 0 saturated heterocycles. The van der Waals surface area contributed by atoms with Gasteiger partial charge in [0, 0.05) is 0 Å². The second-order valence-electron chi connectivity index (χ2n) is 9.34. The molecule has 0 radical (unpaired) electrons. The van der Waals surface area contributed by atoms with Gasteiger partial charge in [0.2, 0.25) is 0 Å². The molecule has 27 nitrogen and oxygen atoms in total. The van der Waals surface area contributed by atoms with E-state index in [4.69, 9.17) is 107 Å². The summed E-state index contributed by atoms with van der Waals surface area (Å²) in [5.74, 6) is -7.63. The van der Waals surface area contributed by atoms with Gasteiger partial charge in [0.15, 0.2) is 0 Å². The SMILES string of the molecule is CC(C)C[C@H](N)C(=O)O.N[C@@H](CO)C(=O)O.N[C@@H](CO)C(=O)O.N[C@@H](CO)C(=O)O.N[C@@H](CO)C(=O)O.N[C@@H](CO)C(=O)O.N[C@@H](CO)C(=O)O. The van der Waals surface area contributed by atoms with Crippen LogP contribution in [0.1, 0.15) is 20.3 Å². The molecule has 0 unspecified atom stereocenters. The summed E-state index contributed by atoms with van der Waals surface area (Å²) in [5.41, 5.74) is 33.8. The van der Waals surface area contributed by atoms with Crippen LogP contribution in [0.5, 0.6) is 0 Å². The molecule has 27 heteroatoms. The molecule has 0 rings (SSSR count). The summed E-state index contributed by atoms with van der Waals surface area (Å²) in [6, 6.07) is -7.44. The first-order valence-electron chi connectivity index (χ1n) is 13.7. The molecular weight excluding hydrogens is 706 g/mol. The highest BCUT2D eigenvalue weighted by molar-refractivity contribution is 5.75. The van der Waals surface area contributed by atoms with Crippen molar-refractivity contribution in [2.45, 2.75) is 62.6 Å². The van der Waals surface area contributed by atoms with Crippen LogP contribution in [-0.2, 0) is 33.6 Å². The van der Waals surface area contributed by atoms with E-state index in [2.05, 4.69) is 0 Å². The second kappa shape index (κ2) is 40.2. The molecule has 0 heterocycles. The molecule has 27 N–H and O–H groups in total. The molecular formula is C24H55N7O20. The van der Waals surface area contributed by atoms with E-state index < -0.39 is 124 Å². The van der Waals surface area contributed by atoms with Crippen molar-refractivity contribution in [1.82, 2.24) is 0 Å². The van der Waals surface area contributed by atoms with Crippen molar-refractivity contribution >= 4 is 41.8 Å². The fraction of sp³-hybridized carbons (Fsp3) is 0.708. The number of carboxylic acid groups (broad SMARTS) is 7. The van der Waals surface area contributed by atoms with E-state index in [0.717, 1.165) is 0 Å². The van der Waals surface area contributed by atoms with Crippen molar-refractivity contribution in [3.8, 4) is 0 Å². The maximum Gasteiger partial charge on any atom is 0.322 e. The number of nitrogens with two attached hydrogens (primary N) is 7. The number of hydrogen-bond acceptors (Lipinski definition) is 20. The minimum Gasteiger partial charge on any atom is -0.480 e. The lowest BCUT2D eigenvalue weighted by atomic mass is 10.1. The van der Waals surface area contributed by atoms with Crippen LogP contribution >= 0.6 is 0 Å². The highest BCUT2D eigenvalue weighted by Gasteiger charge is 2.12.